The molecule has 0 saturated carbocycles. The highest BCUT2D eigenvalue weighted by Crippen LogP contribution is 2.29. The Labute approximate surface area is 184 Å². The standard InChI is InChI=1S/C25H34N2O2S/c1-5-17(4)19(16-28)14-24(29)18-10-11-23-22(13-18)26-25(15-21-9-8-12-30-21)27(23)20(6-2)7-3/h8-13,17,19-20,28H,5-7,14-16H2,1-4H3/t17-,19+/m0/s1. The number of Topliss-reactive ketones (excluding diaryl/α,β-unsaturated/α-hetero) is 1. The zero-order valence-corrected chi connectivity index (χ0v) is 19.4. The zero-order valence-electron chi connectivity index (χ0n) is 18.6. The summed E-state index contributed by atoms with van der Waals surface area (Å²) in [6.07, 6.45) is 4.25. The van der Waals surface area contributed by atoms with Gasteiger partial charge in [-0.2, -0.15) is 0 Å². The Hall–Kier alpha value is -1.98. The molecule has 0 saturated heterocycles. The van der Waals surface area contributed by atoms with Crippen LogP contribution in [-0.4, -0.2) is 27.0 Å². The molecule has 0 radical (unpaired) electrons. The van der Waals surface area contributed by atoms with Crippen LogP contribution in [0.3, 0.4) is 0 Å². The molecule has 0 aliphatic rings. The summed E-state index contributed by atoms with van der Waals surface area (Å²) in [5.74, 6) is 1.50. The van der Waals surface area contributed by atoms with Gasteiger partial charge in [0.25, 0.3) is 0 Å². The third-order valence-corrected chi connectivity index (χ3v) is 7.31. The van der Waals surface area contributed by atoms with Gasteiger partial charge < -0.3 is 9.67 Å². The highest BCUT2D eigenvalue weighted by molar-refractivity contribution is 7.09. The number of aromatic nitrogens is 2. The van der Waals surface area contributed by atoms with E-state index in [9.17, 15) is 9.90 Å². The fourth-order valence-corrected chi connectivity index (χ4v) is 4.91. The van der Waals surface area contributed by atoms with Crippen LogP contribution in [0.25, 0.3) is 11.0 Å². The van der Waals surface area contributed by atoms with Gasteiger partial charge in [-0.25, -0.2) is 4.98 Å². The minimum Gasteiger partial charge on any atom is -0.396 e. The van der Waals surface area contributed by atoms with E-state index in [0.29, 0.717) is 23.9 Å². The molecule has 0 amide bonds. The summed E-state index contributed by atoms with van der Waals surface area (Å²) in [6.45, 7) is 8.69. The zero-order chi connectivity index (χ0) is 21.7. The van der Waals surface area contributed by atoms with E-state index in [1.807, 2.05) is 12.1 Å². The largest absolute Gasteiger partial charge is 0.396 e. The second kappa shape index (κ2) is 10.4. The van der Waals surface area contributed by atoms with Gasteiger partial charge in [0.05, 0.1) is 11.0 Å². The Morgan fingerprint density at radius 1 is 1.17 bits per heavy atom. The number of benzene rings is 1. The lowest BCUT2D eigenvalue weighted by Crippen LogP contribution is -2.19. The molecule has 30 heavy (non-hydrogen) atoms. The molecule has 0 bridgehead atoms. The van der Waals surface area contributed by atoms with E-state index in [4.69, 9.17) is 4.98 Å². The fourth-order valence-electron chi connectivity index (χ4n) is 4.21. The number of thiophene rings is 1. The van der Waals surface area contributed by atoms with Gasteiger partial charge in [0.15, 0.2) is 5.78 Å². The predicted octanol–water partition coefficient (Wildman–Crippen LogP) is 6.28. The number of carbonyl (C=O) groups is 1. The summed E-state index contributed by atoms with van der Waals surface area (Å²) in [6, 6.07) is 10.6. The second-order valence-electron chi connectivity index (χ2n) is 8.28. The van der Waals surface area contributed by atoms with Crippen LogP contribution in [0.4, 0.5) is 0 Å². The molecule has 162 valence electrons. The topological polar surface area (TPSA) is 55.1 Å². The predicted molar refractivity (Wildman–Crippen MR) is 125 cm³/mol. The Balaban J connectivity index is 1.96. The number of hydrogen-bond donors (Lipinski definition) is 1. The smallest absolute Gasteiger partial charge is 0.163 e. The first kappa shape index (κ1) is 22.7. The summed E-state index contributed by atoms with van der Waals surface area (Å²) in [7, 11) is 0. The normalized spacial score (nSPS) is 13.8. The Morgan fingerprint density at radius 2 is 1.93 bits per heavy atom. The Morgan fingerprint density at radius 3 is 2.53 bits per heavy atom. The number of fused-ring (bicyclic) bond motifs is 1. The average Bonchev–Trinajstić information content (AvgIpc) is 3.40. The van der Waals surface area contributed by atoms with Gasteiger partial charge in [-0.3, -0.25) is 4.79 Å². The number of nitrogens with zero attached hydrogens (tertiary/aromatic N) is 2. The number of hydrogen-bond acceptors (Lipinski definition) is 4. The van der Waals surface area contributed by atoms with Gasteiger partial charge in [0.1, 0.15) is 5.82 Å². The van der Waals surface area contributed by atoms with E-state index in [0.717, 1.165) is 42.5 Å². The molecule has 3 aromatic rings. The first-order valence-electron chi connectivity index (χ1n) is 11.2. The van der Waals surface area contributed by atoms with E-state index in [2.05, 4.69) is 55.8 Å². The molecule has 2 atom stereocenters. The third-order valence-electron chi connectivity index (χ3n) is 6.44. The van der Waals surface area contributed by atoms with Crippen molar-refractivity contribution in [2.45, 2.75) is 65.8 Å². The van der Waals surface area contributed by atoms with Crippen molar-refractivity contribution in [3.8, 4) is 0 Å². The van der Waals surface area contributed by atoms with Crippen molar-refractivity contribution in [3.63, 3.8) is 0 Å². The molecule has 2 aromatic heterocycles. The van der Waals surface area contributed by atoms with Crippen LogP contribution in [0.5, 0.6) is 0 Å². The fraction of sp³-hybridized carbons (Fsp3) is 0.520. The number of imidazole rings is 1. The lowest BCUT2D eigenvalue weighted by Gasteiger charge is -2.20. The number of aliphatic hydroxyl groups excluding tert-OH is 1. The molecule has 4 nitrogen and oxygen atoms in total. The maximum atomic E-state index is 12.9. The summed E-state index contributed by atoms with van der Waals surface area (Å²) in [5, 5.41) is 11.8. The van der Waals surface area contributed by atoms with E-state index in [-0.39, 0.29) is 18.3 Å². The minimum atomic E-state index is 0.00899. The Kier molecular flexibility index (Phi) is 7.84. The van der Waals surface area contributed by atoms with E-state index in [1.165, 1.54) is 4.88 Å². The molecule has 0 fully saturated rings. The maximum absolute atomic E-state index is 12.9. The van der Waals surface area contributed by atoms with E-state index >= 15 is 0 Å². The minimum absolute atomic E-state index is 0.00899. The highest BCUT2D eigenvalue weighted by Gasteiger charge is 2.22. The molecule has 1 aromatic carbocycles. The van der Waals surface area contributed by atoms with Crippen molar-refractivity contribution in [1.82, 2.24) is 9.55 Å². The first-order chi connectivity index (χ1) is 14.5. The van der Waals surface area contributed by atoms with Gasteiger partial charge in [0, 0.05) is 35.9 Å². The molecule has 0 aliphatic heterocycles. The molecule has 0 unspecified atom stereocenters. The quantitative estimate of drug-likeness (QED) is 0.367. The molecule has 5 heteroatoms. The molecule has 3 rings (SSSR count). The van der Waals surface area contributed by atoms with E-state index < -0.39 is 0 Å². The maximum Gasteiger partial charge on any atom is 0.163 e. The average molecular weight is 427 g/mol. The van der Waals surface area contributed by atoms with Crippen molar-refractivity contribution in [2.24, 2.45) is 11.8 Å². The molecule has 0 aliphatic carbocycles. The van der Waals surface area contributed by atoms with Crippen molar-refractivity contribution in [3.05, 3.63) is 52.0 Å². The number of ketones is 1. The van der Waals surface area contributed by atoms with Crippen LogP contribution in [0.1, 0.15) is 80.5 Å². The first-order valence-corrected chi connectivity index (χ1v) is 12.1. The number of carbonyl (C=O) groups excluding carboxylic acids is 1. The van der Waals surface area contributed by atoms with E-state index in [1.54, 1.807) is 11.3 Å². The van der Waals surface area contributed by atoms with Crippen molar-refractivity contribution < 1.29 is 9.90 Å². The van der Waals surface area contributed by atoms with Crippen LogP contribution in [0.2, 0.25) is 0 Å². The van der Waals surface area contributed by atoms with Crippen molar-refractivity contribution >= 4 is 28.2 Å². The Bertz CT molecular complexity index is 957. The lowest BCUT2D eigenvalue weighted by atomic mass is 9.87. The van der Waals surface area contributed by atoms with Gasteiger partial charge in [-0.05, 0) is 54.3 Å². The summed E-state index contributed by atoms with van der Waals surface area (Å²) >= 11 is 1.75. The lowest BCUT2D eigenvalue weighted by molar-refractivity contribution is 0.0899. The van der Waals surface area contributed by atoms with Gasteiger partial charge in [-0.15, -0.1) is 11.3 Å². The molecular weight excluding hydrogens is 392 g/mol. The molecule has 0 spiro atoms. The SMILES string of the molecule is CCC(CC)n1c(Cc2cccs2)nc2cc(C(=O)C[C@H](CO)[C@@H](C)CC)ccc21. The third kappa shape index (κ3) is 4.84. The van der Waals surface area contributed by atoms with Gasteiger partial charge >= 0.3 is 0 Å². The second-order valence-corrected chi connectivity index (χ2v) is 9.32. The van der Waals surface area contributed by atoms with Crippen molar-refractivity contribution in [2.75, 3.05) is 6.61 Å². The van der Waals surface area contributed by atoms with Gasteiger partial charge in [-0.1, -0.05) is 40.2 Å². The number of rotatable bonds is 11. The molecular formula is C25H34N2O2S. The highest BCUT2D eigenvalue weighted by atomic mass is 32.1. The van der Waals surface area contributed by atoms with Crippen LogP contribution in [0.15, 0.2) is 35.7 Å². The summed E-state index contributed by atoms with van der Waals surface area (Å²) in [5.41, 5.74) is 2.69. The van der Waals surface area contributed by atoms with Crippen LogP contribution in [0, 0.1) is 11.8 Å². The van der Waals surface area contributed by atoms with Crippen LogP contribution >= 0.6 is 11.3 Å². The van der Waals surface area contributed by atoms with Crippen molar-refractivity contribution in [1.29, 1.82) is 0 Å². The molecule has 2 heterocycles. The summed E-state index contributed by atoms with van der Waals surface area (Å²) < 4.78 is 2.37. The number of aliphatic hydroxyl groups is 1. The van der Waals surface area contributed by atoms with Crippen LogP contribution in [-0.2, 0) is 6.42 Å². The van der Waals surface area contributed by atoms with Gasteiger partial charge in [0.2, 0.25) is 0 Å². The monoisotopic (exact) mass is 426 g/mol. The molecule has 1 N–H and O–H groups in total. The van der Waals surface area contributed by atoms with Crippen LogP contribution < -0.4 is 0 Å². The summed E-state index contributed by atoms with van der Waals surface area (Å²) in [4.78, 5) is 19.2.